The molecule has 5 aromatic rings. The van der Waals surface area contributed by atoms with Crippen LogP contribution in [-0.4, -0.2) is 100 Å². The third kappa shape index (κ3) is 12.6. The molecule has 70 heavy (non-hydrogen) atoms. The number of likely N-dealkylation sites (tertiary alicyclic amines) is 2. The zero-order valence-electron chi connectivity index (χ0n) is 38.8. The van der Waals surface area contributed by atoms with E-state index >= 15 is 0 Å². The number of nitrogens with zero attached hydrogens (tertiary/aromatic N) is 3. The molecule has 4 N–H and O–H groups in total. The predicted octanol–water partition coefficient (Wildman–Crippen LogP) is 7.47. The van der Waals surface area contributed by atoms with Crippen LogP contribution in [0, 0.1) is 11.6 Å². The average Bonchev–Trinajstić information content (AvgIpc) is 3.59. The van der Waals surface area contributed by atoms with Gasteiger partial charge >= 0.3 is 32.7 Å². The van der Waals surface area contributed by atoms with Crippen molar-refractivity contribution in [2.45, 2.75) is 75.9 Å². The number of phenols is 1. The van der Waals surface area contributed by atoms with E-state index in [1.807, 2.05) is 74.5 Å². The van der Waals surface area contributed by atoms with E-state index in [9.17, 15) is 40.3 Å². The molecule has 3 aliphatic rings. The average molecular weight is 1010 g/mol. The van der Waals surface area contributed by atoms with E-state index in [-0.39, 0.29) is 62.1 Å². The van der Waals surface area contributed by atoms with Gasteiger partial charge in [-0.15, -0.1) is 0 Å². The summed E-state index contributed by atoms with van der Waals surface area (Å²) in [6.45, 7) is 4.69. The van der Waals surface area contributed by atoms with Crippen molar-refractivity contribution in [1.29, 1.82) is 0 Å². The van der Waals surface area contributed by atoms with E-state index in [0.717, 1.165) is 11.1 Å². The Morgan fingerprint density at radius 3 is 1.89 bits per heavy atom. The zero-order valence-corrected chi connectivity index (χ0v) is 40.4. The summed E-state index contributed by atoms with van der Waals surface area (Å²) in [5.41, 5.74) is 0.832. The second kappa shape index (κ2) is 22.0. The minimum atomic E-state index is -4.39. The molecule has 4 atom stereocenters. The van der Waals surface area contributed by atoms with Gasteiger partial charge in [-0.25, -0.2) is 18.4 Å². The molecule has 0 radical (unpaired) electrons. The van der Waals surface area contributed by atoms with E-state index < -0.39 is 61.2 Å². The largest absolute Gasteiger partial charge is 0.502 e. The summed E-state index contributed by atoms with van der Waals surface area (Å²) in [5.74, 6) is -1.66. The lowest BCUT2D eigenvalue weighted by Crippen LogP contribution is -2.59. The van der Waals surface area contributed by atoms with Crippen LogP contribution in [0.2, 0.25) is 0 Å². The summed E-state index contributed by atoms with van der Waals surface area (Å²) in [5, 5.41) is 13.5. The lowest BCUT2D eigenvalue weighted by Gasteiger charge is -2.46. The third-order valence-corrected chi connectivity index (χ3v) is 14.9. The van der Waals surface area contributed by atoms with Crippen LogP contribution in [0.5, 0.6) is 17.2 Å². The lowest BCUT2D eigenvalue weighted by molar-refractivity contribution is 0.0584. The molecule has 3 aliphatic heterocycles. The summed E-state index contributed by atoms with van der Waals surface area (Å²) in [6.07, 6.45) is 0.565. The van der Waals surface area contributed by atoms with Gasteiger partial charge in [-0.3, -0.25) is 4.31 Å². The minimum Gasteiger partial charge on any atom is -0.502 e. The first-order chi connectivity index (χ1) is 33.4. The fourth-order valence-electron chi connectivity index (χ4n) is 9.07. The Balaban J connectivity index is 0.000000215. The zero-order chi connectivity index (χ0) is 50.1. The second-order valence-electron chi connectivity index (χ2n) is 17.4. The monoisotopic (exact) mass is 1010 g/mol. The van der Waals surface area contributed by atoms with Gasteiger partial charge in [0.1, 0.15) is 24.8 Å². The van der Waals surface area contributed by atoms with Gasteiger partial charge in [0.05, 0.1) is 23.9 Å². The summed E-state index contributed by atoms with van der Waals surface area (Å²) in [7, 11) is -6.85. The van der Waals surface area contributed by atoms with Crippen LogP contribution in [0.25, 0.3) is 0 Å². The van der Waals surface area contributed by atoms with Crippen LogP contribution in [0.15, 0.2) is 127 Å². The molecule has 1 spiro atoms. The maximum atomic E-state index is 14.0. The third-order valence-electron chi connectivity index (χ3n) is 12.5. The highest BCUT2D eigenvalue weighted by Crippen LogP contribution is 2.41. The molecule has 374 valence electrons. The van der Waals surface area contributed by atoms with E-state index in [1.54, 1.807) is 28.0 Å². The number of anilines is 2. The molecule has 3 fully saturated rings. The highest BCUT2D eigenvalue weighted by Gasteiger charge is 2.53. The molecular weight excluding hydrogens is 951 g/mol. The Hall–Kier alpha value is -6.68. The number of halogens is 2. The molecule has 0 unspecified atom stereocenters. The Labute approximate surface area is 406 Å². The Kier molecular flexibility index (Phi) is 16.0. The molecular formula is C49H56F2N6O11S2. The van der Waals surface area contributed by atoms with Crippen molar-refractivity contribution in [3.05, 3.63) is 150 Å². The maximum Gasteiger partial charge on any atom is 0.410 e. The maximum absolute atomic E-state index is 14.0. The molecule has 0 bridgehead atoms. The lowest BCUT2D eigenvalue weighted by atomic mass is 9.83. The molecule has 17 nitrogen and oxygen atoms in total. The Morgan fingerprint density at radius 1 is 0.757 bits per heavy atom. The number of rotatable bonds is 13. The SMILES string of the molecule is COc1cccc(OS(=O)(=O)NC[C@@]2(Nc3cccc(F)c3)CCN(C(=O)OCc3ccccc3)[C@@H](C)C2)c1O.C[C@H]1C[C@]2(CCN1C(=O)OCc1ccccc1)CNS(=O)(=O)N2c1cccc(F)c1. The smallest absolute Gasteiger partial charge is 0.410 e. The van der Waals surface area contributed by atoms with Crippen molar-refractivity contribution >= 4 is 44.1 Å². The summed E-state index contributed by atoms with van der Waals surface area (Å²) in [6, 6.07) is 33.8. The standard InChI is InChI=1S/C28H32FN3O7S.C21H24FN3O4S/c1-20-17-28(31-23-11-6-10-22(29)16-23,14-15-32(20)27(34)38-18-21-8-4-3-5-9-21)19-30-40(35,36)39-25-13-7-12-24(37-2)26(25)33;1-16-13-21(10-11-24(16)20(26)29-14-17-6-3-2-4-7-17)15-23-30(27,28)25(21)19-9-5-8-18(22)12-19/h3-13,16,20,30-31,33H,14-15,17-19H2,1-2H3;2-9,12,16,23H,10-11,13-15H2,1H3/t20-,28+;16-,21+/m00/s1. The predicted molar refractivity (Wildman–Crippen MR) is 258 cm³/mol. The van der Waals surface area contributed by atoms with Crippen molar-refractivity contribution in [3.63, 3.8) is 0 Å². The molecule has 0 aromatic heterocycles. The van der Waals surface area contributed by atoms with Crippen LogP contribution in [0.4, 0.5) is 29.7 Å². The topological polar surface area (TPSA) is 205 Å². The Morgan fingerprint density at radius 2 is 1.31 bits per heavy atom. The van der Waals surface area contributed by atoms with Gasteiger partial charge in [-0.1, -0.05) is 78.9 Å². The van der Waals surface area contributed by atoms with Gasteiger partial charge in [0, 0.05) is 44.0 Å². The quantitative estimate of drug-likeness (QED) is 0.0907. The molecule has 5 aromatic carbocycles. The number of amides is 2. The number of piperidine rings is 2. The van der Waals surface area contributed by atoms with Crippen LogP contribution in [0.3, 0.4) is 0 Å². The van der Waals surface area contributed by atoms with Gasteiger partial charge in [-0.05, 0) is 99.2 Å². The van der Waals surface area contributed by atoms with Crippen LogP contribution in [-0.2, 0) is 43.2 Å². The number of carbonyl (C=O) groups is 2. The number of methoxy groups -OCH3 is 1. The number of hydrogen-bond donors (Lipinski definition) is 4. The molecule has 0 aliphatic carbocycles. The number of para-hydroxylation sites is 1. The van der Waals surface area contributed by atoms with Crippen molar-refractivity contribution in [2.75, 3.05) is 42.9 Å². The summed E-state index contributed by atoms with van der Waals surface area (Å²) in [4.78, 5) is 28.7. The number of carbonyl (C=O) groups excluding carboxylic acids is 2. The van der Waals surface area contributed by atoms with Crippen molar-refractivity contribution < 1.29 is 58.7 Å². The van der Waals surface area contributed by atoms with Gasteiger partial charge in [0.15, 0.2) is 11.5 Å². The summed E-state index contributed by atoms with van der Waals surface area (Å²) < 4.78 is 106. The first-order valence-electron chi connectivity index (χ1n) is 22.5. The number of benzene rings is 5. The van der Waals surface area contributed by atoms with Gasteiger partial charge in [0.2, 0.25) is 5.75 Å². The molecule has 2 amide bonds. The van der Waals surface area contributed by atoms with E-state index in [2.05, 4.69) is 14.8 Å². The highest BCUT2D eigenvalue weighted by molar-refractivity contribution is 7.91. The fourth-order valence-corrected chi connectivity index (χ4v) is 11.7. The number of ether oxygens (including phenoxy) is 3. The van der Waals surface area contributed by atoms with Crippen molar-refractivity contribution in [2.24, 2.45) is 0 Å². The first-order valence-corrected chi connectivity index (χ1v) is 25.3. The van der Waals surface area contributed by atoms with Gasteiger partial charge in [-0.2, -0.15) is 26.3 Å². The molecule has 8 rings (SSSR count). The van der Waals surface area contributed by atoms with E-state index in [1.165, 1.54) is 59.9 Å². The summed E-state index contributed by atoms with van der Waals surface area (Å²) >= 11 is 0. The molecule has 0 saturated carbocycles. The number of hydrogen-bond acceptors (Lipinski definition) is 12. The number of phenolic OH excluding ortho intramolecular Hbond substituents is 1. The first kappa shape index (κ1) is 51.2. The Bertz CT molecular complexity index is 2840. The van der Waals surface area contributed by atoms with Crippen LogP contribution >= 0.6 is 0 Å². The van der Waals surface area contributed by atoms with E-state index in [4.69, 9.17) is 18.4 Å². The van der Waals surface area contributed by atoms with E-state index in [0.29, 0.717) is 37.9 Å². The second-order valence-corrected chi connectivity index (χ2v) is 20.4. The number of nitrogens with one attached hydrogen (secondary N) is 3. The normalized spacial score (nSPS) is 21.8. The van der Waals surface area contributed by atoms with Crippen molar-refractivity contribution in [3.8, 4) is 17.2 Å². The van der Waals surface area contributed by atoms with Crippen LogP contribution < -0.4 is 28.0 Å². The molecule has 21 heteroatoms. The molecule has 3 heterocycles. The highest BCUT2D eigenvalue weighted by atomic mass is 32.2. The molecule has 3 saturated heterocycles. The van der Waals surface area contributed by atoms with Gasteiger partial charge < -0.3 is 38.6 Å². The number of aromatic hydroxyl groups is 1. The van der Waals surface area contributed by atoms with Crippen LogP contribution in [0.1, 0.15) is 50.7 Å². The van der Waals surface area contributed by atoms with Gasteiger partial charge in [0.25, 0.3) is 0 Å². The van der Waals surface area contributed by atoms with Crippen molar-refractivity contribution in [1.82, 2.24) is 19.2 Å². The minimum absolute atomic E-state index is 0.0530. The fraction of sp³-hybridized carbons (Fsp3) is 0.347.